The molecule has 3 fully saturated rings. The van der Waals surface area contributed by atoms with E-state index in [0.29, 0.717) is 32.0 Å². The molecule has 3 saturated heterocycles. The van der Waals surface area contributed by atoms with Crippen molar-refractivity contribution in [3.05, 3.63) is 47.3 Å². The van der Waals surface area contributed by atoms with Crippen molar-refractivity contribution in [1.82, 2.24) is 14.8 Å². The van der Waals surface area contributed by atoms with Crippen LogP contribution in [0.15, 0.2) is 30.9 Å². The number of fused-ring (bicyclic) bond motifs is 4. The normalized spacial score (nSPS) is 24.8. The molecule has 4 aliphatic rings. The predicted molar refractivity (Wildman–Crippen MR) is 134 cm³/mol. The molecule has 1 aromatic heterocycles. The number of amides is 2. The van der Waals surface area contributed by atoms with Crippen molar-refractivity contribution in [2.45, 2.75) is 31.1 Å². The summed E-state index contributed by atoms with van der Waals surface area (Å²) < 4.78 is 27.1. The van der Waals surface area contributed by atoms with Gasteiger partial charge in [-0.25, -0.2) is 9.37 Å². The summed E-state index contributed by atoms with van der Waals surface area (Å²) in [5.74, 6) is -1.11. The fourth-order valence-corrected chi connectivity index (χ4v) is 5.99. The summed E-state index contributed by atoms with van der Waals surface area (Å²) in [6, 6.07) is 3.55. The fourth-order valence-electron chi connectivity index (χ4n) is 5.71. The summed E-state index contributed by atoms with van der Waals surface area (Å²) in [5.41, 5.74) is 0.0476. The number of ether oxygens (including phenoxy) is 2. The predicted octanol–water partition coefficient (Wildman–Crippen LogP) is 2.85. The van der Waals surface area contributed by atoms with E-state index in [1.165, 1.54) is 24.3 Å². The Bertz CT molecular complexity index is 1270. The average molecular weight is 529 g/mol. The minimum atomic E-state index is -0.696. The van der Waals surface area contributed by atoms with Gasteiger partial charge in [0.05, 0.1) is 23.8 Å². The molecular weight excluding hydrogens is 503 g/mol. The Morgan fingerprint density at radius 2 is 1.95 bits per heavy atom. The Hall–Kier alpha value is -3.37. The van der Waals surface area contributed by atoms with Crippen molar-refractivity contribution in [3.63, 3.8) is 0 Å². The number of nitrogens with zero attached hydrogens (tertiary/aromatic N) is 4. The zero-order valence-electron chi connectivity index (χ0n) is 20.0. The third-order valence-corrected chi connectivity index (χ3v) is 7.86. The Morgan fingerprint density at radius 3 is 2.65 bits per heavy atom. The van der Waals surface area contributed by atoms with Crippen LogP contribution in [0.1, 0.15) is 23.2 Å². The number of phenols is 1. The number of piperazine rings is 1. The van der Waals surface area contributed by atoms with Crippen molar-refractivity contribution >= 4 is 29.2 Å². The lowest BCUT2D eigenvalue weighted by Gasteiger charge is -2.40. The van der Waals surface area contributed by atoms with Gasteiger partial charge >= 0.3 is 0 Å². The number of rotatable bonds is 3. The van der Waals surface area contributed by atoms with Gasteiger partial charge < -0.3 is 29.3 Å². The van der Waals surface area contributed by atoms with Gasteiger partial charge in [-0.3, -0.25) is 9.59 Å². The van der Waals surface area contributed by atoms with E-state index in [0.717, 1.165) is 12.8 Å². The van der Waals surface area contributed by atoms with E-state index in [9.17, 15) is 19.1 Å². The molecule has 2 amide bonds. The molecule has 37 heavy (non-hydrogen) atoms. The molecule has 1 aromatic carbocycles. The van der Waals surface area contributed by atoms with Crippen molar-refractivity contribution < 1.29 is 28.6 Å². The first-order valence-electron chi connectivity index (χ1n) is 12.3. The number of benzene rings is 1. The number of pyridine rings is 1. The van der Waals surface area contributed by atoms with Gasteiger partial charge in [-0.1, -0.05) is 24.2 Å². The lowest BCUT2D eigenvalue weighted by Crippen LogP contribution is -2.57. The topological polar surface area (TPSA) is 95.4 Å². The number of aromatic hydroxyl groups is 1. The van der Waals surface area contributed by atoms with E-state index in [1.54, 1.807) is 9.80 Å². The minimum Gasteiger partial charge on any atom is -0.507 e. The molecule has 9 nitrogen and oxygen atoms in total. The first kappa shape index (κ1) is 24.0. The van der Waals surface area contributed by atoms with Gasteiger partial charge in [0.15, 0.2) is 5.75 Å². The first-order valence-corrected chi connectivity index (χ1v) is 12.7. The first-order chi connectivity index (χ1) is 17.9. The Kier molecular flexibility index (Phi) is 5.95. The third-order valence-electron chi connectivity index (χ3n) is 7.51. The number of halogens is 2. The maximum atomic E-state index is 15.0. The molecule has 3 atom stereocenters. The van der Waals surface area contributed by atoms with Crippen LogP contribution < -0.4 is 9.64 Å². The fraction of sp³-hybridized carbons (Fsp3) is 0.423. The van der Waals surface area contributed by atoms with E-state index < -0.39 is 11.9 Å². The molecule has 0 aliphatic carbocycles. The summed E-state index contributed by atoms with van der Waals surface area (Å²) in [7, 11) is 0. The van der Waals surface area contributed by atoms with Crippen LogP contribution >= 0.6 is 11.6 Å². The maximum Gasteiger partial charge on any atom is 0.261 e. The molecule has 2 aromatic rings. The van der Waals surface area contributed by atoms with E-state index in [2.05, 4.69) is 6.58 Å². The standard InChI is InChI=1S/C26H26ClFN4O5/c1-2-19(34)30-8-9-32-14(10-30)13-36-24-21(26(32)35)25(31-11-15-6-7-16(12-31)37-15)29-23(22(24)27)20-17(28)4-3-5-18(20)33/h2-5,14-16,33H,1,6-13H2/t14-,15?,16?/m1/s1. The Balaban J connectivity index is 1.49. The third kappa shape index (κ3) is 3.99. The molecule has 6 rings (SSSR count). The SMILES string of the molecule is C=CC(=O)N1CCN2C(=O)c3c(N4CC5CCC(C4)O5)nc(-c4c(O)cccc4F)c(Cl)c3OC[C@H]2C1. The van der Waals surface area contributed by atoms with Crippen LogP contribution in [0.4, 0.5) is 10.2 Å². The van der Waals surface area contributed by atoms with E-state index in [-0.39, 0.29) is 70.5 Å². The number of phenolic OH excluding ortho intramolecular Hbond substituents is 1. The molecule has 4 aliphatic heterocycles. The number of hydrogen-bond donors (Lipinski definition) is 1. The summed E-state index contributed by atoms with van der Waals surface area (Å²) in [6.45, 7) is 5.62. The number of hydrogen-bond acceptors (Lipinski definition) is 7. The Morgan fingerprint density at radius 1 is 1.19 bits per heavy atom. The zero-order valence-corrected chi connectivity index (χ0v) is 20.8. The van der Waals surface area contributed by atoms with Gasteiger partial charge in [0.1, 0.15) is 40.3 Å². The minimum absolute atomic E-state index is 0.000185. The second kappa shape index (κ2) is 9.18. The van der Waals surface area contributed by atoms with Crippen molar-refractivity contribution in [1.29, 1.82) is 0 Å². The van der Waals surface area contributed by atoms with Crippen molar-refractivity contribution in [2.75, 3.05) is 44.2 Å². The molecule has 194 valence electrons. The van der Waals surface area contributed by atoms with Crippen LogP contribution in [-0.2, 0) is 9.53 Å². The highest BCUT2D eigenvalue weighted by Gasteiger charge is 2.43. The summed E-state index contributed by atoms with van der Waals surface area (Å²) in [6.07, 6.45) is 3.07. The quantitative estimate of drug-likeness (QED) is 0.612. The second-order valence-corrected chi connectivity index (χ2v) is 10.1. The van der Waals surface area contributed by atoms with Crippen LogP contribution in [0.3, 0.4) is 0 Å². The number of carbonyl (C=O) groups is 2. The molecule has 0 spiro atoms. The van der Waals surface area contributed by atoms with Gasteiger partial charge in [0, 0.05) is 32.7 Å². The van der Waals surface area contributed by atoms with E-state index in [1.807, 2.05) is 4.90 Å². The van der Waals surface area contributed by atoms with Gasteiger partial charge in [0.25, 0.3) is 5.91 Å². The molecule has 11 heteroatoms. The van der Waals surface area contributed by atoms with Crippen LogP contribution in [0.2, 0.25) is 5.02 Å². The molecule has 2 unspecified atom stereocenters. The van der Waals surface area contributed by atoms with Gasteiger partial charge in [-0.2, -0.15) is 0 Å². The lowest BCUT2D eigenvalue weighted by atomic mass is 10.0. The van der Waals surface area contributed by atoms with Crippen molar-refractivity contribution in [2.24, 2.45) is 0 Å². The summed E-state index contributed by atoms with van der Waals surface area (Å²) >= 11 is 6.77. The molecule has 2 bridgehead atoms. The molecule has 0 saturated carbocycles. The highest BCUT2D eigenvalue weighted by atomic mass is 35.5. The monoisotopic (exact) mass is 528 g/mol. The van der Waals surface area contributed by atoms with Gasteiger partial charge in [-0.05, 0) is 31.1 Å². The number of carbonyl (C=O) groups excluding carboxylic acids is 2. The number of morpholine rings is 1. The number of aromatic nitrogens is 1. The molecular formula is C26H26ClFN4O5. The van der Waals surface area contributed by atoms with E-state index >= 15 is 0 Å². The van der Waals surface area contributed by atoms with Crippen LogP contribution in [0.5, 0.6) is 11.5 Å². The van der Waals surface area contributed by atoms with Gasteiger partial charge in [-0.15, -0.1) is 0 Å². The average Bonchev–Trinajstić information content (AvgIpc) is 3.16. The molecule has 1 N–H and O–H groups in total. The van der Waals surface area contributed by atoms with E-state index in [4.69, 9.17) is 26.1 Å². The maximum absolute atomic E-state index is 15.0. The Labute approximate surface area is 218 Å². The summed E-state index contributed by atoms with van der Waals surface area (Å²) in [5, 5.41) is 10.5. The van der Waals surface area contributed by atoms with Crippen LogP contribution in [-0.4, -0.2) is 89.3 Å². The smallest absolute Gasteiger partial charge is 0.261 e. The zero-order chi connectivity index (χ0) is 25.8. The van der Waals surface area contributed by atoms with Crippen LogP contribution in [0.25, 0.3) is 11.3 Å². The lowest BCUT2D eigenvalue weighted by molar-refractivity contribution is -0.128. The molecule has 0 radical (unpaired) electrons. The largest absolute Gasteiger partial charge is 0.507 e. The van der Waals surface area contributed by atoms with Crippen LogP contribution in [0, 0.1) is 5.82 Å². The molecule has 5 heterocycles. The summed E-state index contributed by atoms with van der Waals surface area (Å²) in [4.78, 5) is 36.3. The van der Waals surface area contributed by atoms with Crippen molar-refractivity contribution in [3.8, 4) is 22.8 Å². The number of anilines is 1. The van der Waals surface area contributed by atoms with Gasteiger partial charge in [0.2, 0.25) is 5.91 Å². The highest BCUT2D eigenvalue weighted by molar-refractivity contribution is 6.35. The second-order valence-electron chi connectivity index (χ2n) is 9.75. The highest BCUT2D eigenvalue weighted by Crippen LogP contribution is 2.46.